The van der Waals surface area contributed by atoms with Gasteiger partial charge in [-0.3, -0.25) is 4.79 Å². The standard InChI is InChI=1S/C16H17FN4O2S/c17-14-10(16-19-11-3-5-18-15(23)13(11)24-16)1-2-12(20-14)21-6-4-9(7-21)8-22/h1-2,9,22H,3-8H2,(H,18,23)/t9-/m0/s1. The minimum absolute atomic E-state index is 0.142. The van der Waals surface area contributed by atoms with Gasteiger partial charge in [-0.2, -0.15) is 4.39 Å². The van der Waals surface area contributed by atoms with E-state index in [0.29, 0.717) is 40.8 Å². The molecule has 1 amide bonds. The zero-order valence-electron chi connectivity index (χ0n) is 13.0. The van der Waals surface area contributed by atoms with Gasteiger partial charge in [-0.1, -0.05) is 0 Å². The number of thiazole rings is 1. The summed E-state index contributed by atoms with van der Waals surface area (Å²) in [5, 5.41) is 12.5. The Morgan fingerprint density at radius 3 is 3.00 bits per heavy atom. The normalized spacial score (nSPS) is 20.2. The van der Waals surface area contributed by atoms with Gasteiger partial charge in [0.2, 0.25) is 5.95 Å². The van der Waals surface area contributed by atoms with Crippen LogP contribution in [0.4, 0.5) is 10.2 Å². The number of anilines is 1. The molecule has 1 saturated heterocycles. The van der Waals surface area contributed by atoms with Crippen LogP contribution in [0.5, 0.6) is 0 Å². The average molecular weight is 348 g/mol. The van der Waals surface area contributed by atoms with Crippen LogP contribution in [-0.2, 0) is 6.42 Å². The van der Waals surface area contributed by atoms with Gasteiger partial charge in [0.1, 0.15) is 15.7 Å². The monoisotopic (exact) mass is 348 g/mol. The number of aliphatic hydroxyl groups is 1. The molecule has 2 aromatic heterocycles. The second-order valence-corrected chi connectivity index (χ2v) is 7.09. The predicted molar refractivity (Wildman–Crippen MR) is 88.7 cm³/mol. The Labute approximate surface area is 142 Å². The third-order valence-corrected chi connectivity index (χ3v) is 5.61. The highest BCUT2D eigenvalue weighted by Gasteiger charge is 2.26. The number of rotatable bonds is 3. The SMILES string of the molecule is O=C1NCCc2nc(-c3ccc(N4CC[C@H](CO)C4)nc3F)sc21. The number of nitrogens with zero attached hydrogens (tertiary/aromatic N) is 3. The summed E-state index contributed by atoms with van der Waals surface area (Å²) < 4.78 is 14.5. The first-order valence-electron chi connectivity index (χ1n) is 7.96. The molecular weight excluding hydrogens is 331 g/mol. The molecule has 8 heteroatoms. The highest BCUT2D eigenvalue weighted by molar-refractivity contribution is 7.17. The second-order valence-electron chi connectivity index (χ2n) is 6.09. The molecule has 0 unspecified atom stereocenters. The molecule has 2 aromatic rings. The molecule has 0 spiro atoms. The molecular formula is C16H17FN4O2S. The van der Waals surface area contributed by atoms with Crippen molar-refractivity contribution in [1.82, 2.24) is 15.3 Å². The van der Waals surface area contributed by atoms with Crippen LogP contribution in [0.25, 0.3) is 10.6 Å². The van der Waals surface area contributed by atoms with Gasteiger partial charge in [-0.25, -0.2) is 9.97 Å². The molecule has 126 valence electrons. The fourth-order valence-corrected chi connectivity index (χ4v) is 4.18. The van der Waals surface area contributed by atoms with Gasteiger partial charge < -0.3 is 15.3 Å². The highest BCUT2D eigenvalue weighted by atomic mass is 32.1. The molecule has 0 radical (unpaired) electrons. The lowest BCUT2D eigenvalue weighted by Gasteiger charge is -2.17. The summed E-state index contributed by atoms with van der Waals surface area (Å²) in [4.78, 5) is 22.9. The molecule has 2 aliphatic heterocycles. The summed E-state index contributed by atoms with van der Waals surface area (Å²) >= 11 is 1.20. The molecule has 4 rings (SSSR count). The molecule has 1 atom stereocenters. The Hall–Kier alpha value is -2.06. The number of aliphatic hydroxyl groups excluding tert-OH is 1. The summed E-state index contributed by atoms with van der Waals surface area (Å²) in [7, 11) is 0. The Morgan fingerprint density at radius 2 is 2.29 bits per heavy atom. The van der Waals surface area contributed by atoms with E-state index in [-0.39, 0.29) is 18.4 Å². The van der Waals surface area contributed by atoms with E-state index in [9.17, 15) is 14.3 Å². The van der Waals surface area contributed by atoms with Crippen molar-refractivity contribution in [2.45, 2.75) is 12.8 Å². The van der Waals surface area contributed by atoms with E-state index in [2.05, 4.69) is 15.3 Å². The van der Waals surface area contributed by atoms with Gasteiger partial charge in [-0.05, 0) is 18.6 Å². The summed E-state index contributed by atoms with van der Waals surface area (Å²) in [6.07, 6.45) is 1.55. The third kappa shape index (κ3) is 2.65. The fourth-order valence-electron chi connectivity index (χ4n) is 3.14. The number of hydrogen-bond acceptors (Lipinski definition) is 6. The number of aromatic nitrogens is 2. The van der Waals surface area contributed by atoms with E-state index in [0.717, 1.165) is 18.7 Å². The van der Waals surface area contributed by atoms with Crippen molar-refractivity contribution >= 4 is 23.1 Å². The number of fused-ring (bicyclic) bond motifs is 1. The summed E-state index contributed by atoms with van der Waals surface area (Å²) in [5.41, 5.74) is 1.05. The van der Waals surface area contributed by atoms with Gasteiger partial charge in [-0.15, -0.1) is 11.3 Å². The molecule has 0 aliphatic carbocycles. The zero-order chi connectivity index (χ0) is 16.7. The second kappa shape index (κ2) is 6.10. The van der Waals surface area contributed by atoms with E-state index < -0.39 is 5.95 Å². The quantitative estimate of drug-likeness (QED) is 0.821. The van der Waals surface area contributed by atoms with Crippen LogP contribution in [0.15, 0.2) is 12.1 Å². The molecule has 2 N–H and O–H groups in total. The number of carbonyl (C=O) groups is 1. The summed E-state index contributed by atoms with van der Waals surface area (Å²) in [6.45, 7) is 2.16. The van der Waals surface area contributed by atoms with E-state index in [1.165, 1.54) is 11.3 Å². The molecule has 0 aromatic carbocycles. The lowest BCUT2D eigenvalue weighted by atomic mass is 10.1. The Morgan fingerprint density at radius 1 is 1.42 bits per heavy atom. The number of hydrogen-bond donors (Lipinski definition) is 2. The van der Waals surface area contributed by atoms with Crippen molar-refractivity contribution in [1.29, 1.82) is 0 Å². The van der Waals surface area contributed by atoms with Crippen molar-refractivity contribution in [2.24, 2.45) is 5.92 Å². The first kappa shape index (κ1) is 15.5. The maximum Gasteiger partial charge on any atom is 0.263 e. The fraction of sp³-hybridized carbons (Fsp3) is 0.438. The smallest absolute Gasteiger partial charge is 0.263 e. The maximum atomic E-state index is 14.5. The number of carbonyl (C=O) groups excluding carboxylic acids is 1. The van der Waals surface area contributed by atoms with Crippen LogP contribution in [-0.4, -0.2) is 47.2 Å². The van der Waals surface area contributed by atoms with Crippen LogP contribution < -0.4 is 10.2 Å². The lowest BCUT2D eigenvalue weighted by molar-refractivity contribution is 0.0950. The van der Waals surface area contributed by atoms with Gasteiger partial charge in [0.05, 0.1) is 11.3 Å². The van der Waals surface area contributed by atoms with Crippen LogP contribution in [0.2, 0.25) is 0 Å². The van der Waals surface area contributed by atoms with Gasteiger partial charge in [0.15, 0.2) is 0 Å². The van der Waals surface area contributed by atoms with Crippen molar-refractivity contribution in [3.63, 3.8) is 0 Å². The first-order valence-corrected chi connectivity index (χ1v) is 8.78. The summed E-state index contributed by atoms with van der Waals surface area (Å²) in [6, 6.07) is 3.45. The Balaban J connectivity index is 1.62. The van der Waals surface area contributed by atoms with Crippen molar-refractivity contribution in [3.8, 4) is 10.6 Å². The van der Waals surface area contributed by atoms with Crippen LogP contribution in [0.1, 0.15) is 21.8 Å². The highest BCUT2D eigenvalue weighted by Crippen LogP contribution is 2.32. The first-order chi connectivity index (χ1) is 11.7. The molecule has 4 heterocycles. The zero-order valence-corrected chi connectivity index (χ0v) is 13.8. The van der Waals surface area contributed by atoms with Crippen LogP contribution in [0.3, 0.4) is 0 Å². The largest absolute Gasteiger partial charge is 0.396 e. The number of nitrogens with one attached hydrogen (secondary N) is 1. The topological polar surface area (TPSA) is 78.4 Å². The number of amides is 1. The molecule has 6 nitrogen and oxygen atoms in total. The molecule has 1 fully saturated rings. The minimum Gasteiger partial charge on any atom is -0.396 e. The van der Waals surface area contributed by atoms with E-state index in [4.69, 9.17) is 0 Å². The third-order valence-electron chi connectivity index (χ3n) is 4.48. The van der Waals surface area contributed by atoms with Gasteiger partial charge in [0.25, 0.3) is 5.91 Å². The van der Waals surface area contributed by atoms with Crippen molar-refractivity contribution in [3.05, 3.63) is 28.7 Å². The lowest BCUT2D eigenvalue weighted by Crippen LogP contribution is -2.30. The van der Waals surface area contributed by atoms with E-state index >= 15 is 0 Å². The van der Waals surface area contributed by atoms with Crippen LogP contribution >= 0.6 is 11.3 Å². The summed E-state index contributed by atoms with van der Waals surface area (Å²) in [5.74, 6) is 0.0774. The Kier molecular flexibility index (Phi) is 3.93. The number of pyridine rings is 1. The maximum absolute atomic E-state index is 14.5. The van der Waals surface area contributed by atoms with Gasteiger partial charge in [0, 0.05) is 38.6 Å². The van der Waals surface area contributed by atoms with Crippen LogP contribution in [0, 0.1) is 11.9 Å². The average Bonchev–Trinajstić information content (AvgIpc) is 3.22. The Bertz CT molecular complexity index is 794. The molecule has 2 aliphatic rings. The predicted octanol–water partition coefficient (Wildman–Crippen LogP) is 1.45. The van der Waals surface area contributed by atoms with E-state index in [1.807, 2.05) is 4.90 Å². The van der Waals surface area contributed by atoms with E-state index in [1.54, 1.807) is 12.1 Å². The minimum atomic E-state index is -0.577. The van der Waals surface area contributed by atoms with Crippen molar-refractivity contribution in [2.75, 3.05) is 31.1 Å². The van der Waals surface area contributed by atoms with Crippen molar-refractivity contribution < 1.29 is 14.3 Å². The molecule has 24 heavy (non-hydrogen) atoms. The van der Waals surface area contributed by atoms with Gasteiger partial charge >= 0.3 is 0 Å². The molecule has 0 saturated carbocycles. The number of halogens is 1. The molecule has 0 bridgehead atoms.